The van der Waals surface area contributed by atoms with Crippen molar-refractivity contribution in [2.45, 2.75) is 36.5 Å². The summed E-state index contributed by atoms with van der Waals surface area (Å²) in [6.07, 6.45) is 5.74. The normalized spacial score (nSPS) is 26.1. The van der Waals surface area contributed by atoms with Crippen molar-refractivity contribution in [2.24, 2.45) is 4.99 Å². The number of carbonyl (C=O) groups is 1. The molecule has 3 N–H and O–H groups in total. The van der Waals surface area contributed by atoms with Gasteiger partial charge in [-0.15, -0.1) is 0 Å². The number of hydrogen-bond donors (Lipinski definition) is 3. The van der Waals surface area contributed by atoms with Gasteiger partial charge in [-0.1, -0.05) is 0 Å². The molecule has 1 amide bonds. The zero-order valence-corrected chi connectivity index (χ0v) is 13.7. The standard InChI is InChI=1S/C14H26N4O2S/c1-15-13(18-11-3-4-12(19)16-9-11)17-10-14(21-2)5-7-20-8-6-14/h11H,3-10H2,1-2H3,(H,16,19)(H2,15,17,18). The number of aliphatic imine (C=N–C) groups is 1. The first kappa shape index (κ1) is 16.4. The van der Waals surface area contributed by atoms with E-state index in [9.17, 15) is 4.79 Å². The predicted molar refractivity (Wildman–Crippen MR) is 86.8 cm³/mol. The molecule has 2 saturated heterocycles. The second-order valence-corrected chi connectivity index (χ2v) is 6.88. The van der Waals surface area contributed by atoms with Gasteiger partial charge in [0, 0.05) is 50.6 Å². The van der Waals surface area contributed by atoms with Crippen LogP contribution in [-0.4, -0.2) is 62.3 Å². The molecule has 1 atom stereocenters. The Morgan fingerprint density at radius 1 is 1.52 bits per heavy atom. The number of hydrogen-bond acceptors (Lipinski definition) is 4. The Kier molecular flexibility index (Phi) is 6.17. The third-order valence-electron chi connectivity index (χ3n) is 4.24. The van der Waals surface area contributed by atoms with Crippen molar-refractivity contribution in [3.8, 4) is 0 Å². The molecule has 0 aromatic rings. The molecule has 21 heavy (non-hydrogen) atoms. The molecule has 2 rings (SSSR count). The van der Waals surface area contributed by atoms with Gasteiger partial charge in [-0.2, -0.15) is 11.8 Å². The van der Waals surface area contributed by atoms with Crippen LogP contribution < -0.4 is 16.0 Å². The Bertz CT molecular complexity index is 373. The Labute approximate surface area is 130 Å². The topological polar surface area (TPSA) is 74.8 Å². The molecule has 2 aliphatic rings. The van der Waals surface area contributed by atoms with E-state index in [0.717, 1.165) is 45.0 Å². The van der Waals surface area contributed by atoms with E-state index in [-0.39, 0.29) is 16.7 Å². The highest BCUT2D eigenvalue weighted by Crippen LogP contribution is 2.32. The van der Waals surface area contributed by atoms with Gasteiger partial charge in [0.25, 0.3) is 0 Å². The Balaban J connectivity index is 1.80. The third kappa shape index (κ3) is 4.78. The minimum atomic E-state index is 0.138. The van der Waals surface area contributed by atoms with Crippen LogP contribution in [0.1, 0.15) is 25.7 Å². The quantitative estimate of drug-likeness (QED) is 0.515. The first-order valence-corrected chi connectivity index (χ1v) is 8.77. The molecule has 6 nitrogen and oxygen atoms in total. The van der Waals surface area contributed by atoms with Gasteiger partial charge < -0.3 is 20.7 Å². The molecule has 0 aliphatic carbocycles. The van der Waals surface area contributed by atoms with Gasteiger partial charge in [0.15, 0.2) is 5.96 Å². The van der Waals surface area contributed by atoms with E-state index in [1.807, 2.05) is 11.8 Å². The van der Waals surface area contributed by atoms with Gasteiger partial charge in [0.1, 0.15) is 0 Å². The minimum Gasteiger partial charge on any atom is -0.381 e. The van der Waals surface area contributed by atoms with Crippen LogP contribution in [0.2, 0.25) is 0 Å². The van der Waals surface area contributed by atoms with Crippen molar-refractivity contribution in [2.75, 3.05) is 39.6 Å². The molecule has 0 saturated carbocycles. The van der Waals surface area contributed by atoms with Crippen LogP contribution in [0.15, 0.2) is 4.99 Å². The number of nitrogens with one attached hydrogen (secondary N) is 3. The molecule has 0 aromatic heterocycles. The van der Waals surface area contributed by atoms with Crippen LogP contribution in [0.25, 0.3) is 0 Å². The molecule has 120 valence electrons. The summed E-state index contributed by atoms with van der Waals surface area (Å²) >= 11 is 1.91. The smallest absolute Gasteiger partial charge is 0.220 e. The van der Waals surface area contributed by atoms with E-state index in [2.05, 4.69) is 27.2 Å². The predicted octanol–water partition coefficient (Wildman–Crippen LogP) is 0.342. The molecule has 2 fully saturated rings. The summed E-state index contributed by atoms with van der Waals surface area (Å²) in [6.45, 7) is 3.23. The maximum atomic E-state index is 11.2. The monoisotopic (exact) mass is 314 g/mol. The molecule has 0 bridgehead atoms. The van der Waals surface area contributed by atoms with Crippen molar-refractivity contribution < 1.29 is 9.53 Å². The number of piperidine rings is 1. The number of amides is 1. The highest BCUT2D eigenvalue weighted by Gasteiger charge is 2.32. The van der Waals surface area contributed by atoms with Gasteiger partial charge in [0.2, 0.25) is 5.91 Å². The highest BCUT2D eigenvalue weighted by atomic mass is 32.2. The number of thioether (sulfide) groups is 1. The minimum absolute atomic E-state index is 0.138. The van der Waals surface area contributed by atoms with Crippen molar-refractivity contribution in [1.82, 2.24) is 16.0 Å². The Morgan fingerprint density at radius 2 is 2.29 bits per heavy atom. The Hall–Kier alpha value is -0.950. The zero-order valence-electron chi connectivity index (χ0n) is 12.9. The second kappa shape index (κ2) is 7.89. The lowest BCUT2D eigenvalue weighted by atomic mass is 9.99. The van der Waals surface area contributed by atoms with E-state index in [4.69, 9.17) is 4.74 Å². The molecular formula is C14H26N4O2S. The summed E-state index contributed by atoms with van der Waals surface area (Å²) in [5.74, 6) is 0.954. The summed E-state index contributed by atoms with van der Waals surface area (Å²) in [7, 11) is 1.78. The number of nitrogens with zero attached hydrogens (tertiary/aromatic N) is 1. The number of ether oxygens (including phenoxy) is 1. The molecule has 7 heteroatoms. The van der Waals surface area contributed by atoms with E-state index in [0.29, 0.717) is 13.0 Å². The van der Waals surface area contributed by atoms with Crippen molar-refractivity contribution in [3.05, 3.63) is 0 Å². The summed E-state index contributed by atoms with van der Waals surface area (Å²) in [5, 5.41) is 9.71. The lowest BCUT2D eigenvalue weighted by Gasteiger charge is -2.36. The first-order valence-electron chi connectivity index (χ1n) is 7.54. The number of carbonyl (C=O) groups excluding carboxylic acids is 1. The van der Waals surface area contributed by atoms with Gasteiger partial charge >= 0.3 is 0 Å². The van der Waals surface area contributed by atoms with Crippen molar-refractivity contribution >= 4 is 23.6 Å². The summed E-state index contributed by atoms with van der Waals surface area (Å²) in [5.41, 5.74) is 0. The van der Waals surface area contributed by atoms with Crippen LogP contribution in [0.3, 0.4) is 0 Å². The van der Waals surface area contributed by atoms with E-state index in [1.165, 1.54) is 0 Å². The average Bonchev–Trinajstić information content (AvgIpc) is 2.54. The molecular weight excluding hydrogens is 288 g/mol. The molecule has 0 spiro atoms. The molecule has 1 unspecified atom stereocenters. The van der Waals surface area contributed by atoms with Gasteiger partial charge in [-0.3, -0.25) is 9.79 Å². The molecule has 2 heterocycles. The second-order valence-electron chi connectivity index (χ2n) is 5.61. The average molecular weight is 314 g/mol. The molecule has 0 aromatic carbocycles. The van der Waals surface area contributed by atoms with E-state index >= 15 is 0 Å². The van der Waals surface area contributed by atoms with E-state index < -0.39 is 0 Å². The third-order valence-corrected chi connectivity index (χ3v) is 5.66. The SMILES string of the molecule is CN=C(NCC1(SC)CCOCC1)NC1CCC(=O)NC1. The lowest BCUT2D eigenvalue weighted by molar-refractivity contribution is -0.122. The zero-order chi connectivity index (χ0) is 15.1. The van der Waals surface area contributed by atoms with Crippen LogP contribution in [0.4, 0.5) is 0 Å². The fourth-order valence-corrected chi connectivity index (χ4v) is 3.48. The maximum absolute atomic E-state index is 11.2. The van der Waals surface area contributed by atoms with Crippen LogP contribution in [-0.2, 0) is 9.53 Å². The van der Waals surface area contributed by atoms with Crippen LogP contribution in [0, 0.1) is 0 Å². The number of rotatable bonds is 4. The van der Waals surface area contributed by atoms with Gasteiger partial charge in [0.05, 0.1) is 0 Å². The van der Waals surface area contributed by atoms with Crippen LogP contribution >= 0.6 is 11.8 Å². The van der Waals surface area contributed by atoms with Crippen molar-refractivity contribution in [1.29, 1.82) is 0 Å². The largest absolute Gasteiger partial charge is 0.381 e. The van der Waals surface area contributed by atoms with Gasteiger partial charge in [-0.05, 0) is 25.5 Å². The molecule has 2 aliphatic heterocycles. The summed E-state index contributed by atoms with van der Waals surface area (Å²) in [4.78, 5) is 15.5. The van der Waals surface area contributed by atoms with Gasteiger partial charge in [-0.25, -0.2) is 0 Å². The maximum Gasteiger partial charge on any atom is 0.220 e. The molecule has 0 radical (unpaired) electrons. The summed E-state index contributed by atoms with van der Waals surface area (Å²) in [6, 6.07) is 0.258. The summed E-state index contributed by atoms with van der Waals surface area (Å²) < 4.78 is 5.70. The highest BCUT2D eigenvalue weighted by molar-refractivity contribution is 8.00. The Morgan fingerprint density at radius 3 is 2.86 bits per heavy atom. The first-order chi connectivity index (χ1) is 10.2. The fraction of sp³-hybridized carbons (Fsp3) is 0.857. The van der Waals surface area contributed by atoms with E-state index in [1.54, 1.807) is 7.05 Å². The lowest BCUT2D eigenvalue weighted by Crippen LogP contribution is -2.53. The number of guanidine groups is 1. The fourth-order valence-electron chi connectivity index (χ4n) is 2.69. The van der Waals surface area contributed by atoms with Crippen LogP contribution in [0.5, 0.6) is 0 Å². The van der Waals surface area contributed by atoms with Crippen molar-refractivity contribution in [3.63, 3.8) is 0 Å².